The molecule has 0 aliphatic carbocycles. The van der Waals surface area contributed by atoms with Crippen molar-refractivity contribution in [1.29, 1.82) is 0 Å². The number of benzene rings is 2. The van der Waals surface area contributed by atoms with Gasteiger partial charge < -0.3 is 5.11 Å². The maximum absolute atomic E-state index is 13.2. The van der Waals surface area contributed by atoms with Gasteiger partial charge in [-0.3, -0.25) is 0 Å². The summed E-state index contributed by atoms with van der Waals surface area (Å²) in [6.45, 7) is 0.955. The van der Waals surface area contributed by atoms with Crippen LogP contribution in [0.25, 0.3) is 0 Å². The van der Waals surface area contributed by atoms with Crippen LogP contribution in [0.3, 0.4) is 0 Å². The van der Waals surface area contributed by atoms with Crippen LogP contribution in [0, 0.1) is 17.5 Å². The molecular weight excluding hydrogens is 331 g/mol. The summed E-state index contributed by atoms with van der Waals surface area (Å²) >= 11 is 0. The van der Waals surface area contributed by atoms with Crippen molar-refractivity contribution in [3.05, 3.63) is 65.5 Å². The van der Waals surface area contributed by atoms with Gasteiger partial charge in [0.1, 0.15) is 5.60 Å². The first-order chi connectivity index (χ1) is 10.6. The minimum absolute atomic E-state index is 0.373. The molecule has 0 spiro atoms. The topological polar surface area (TPSA) is 66.4 Å². The Balaban J connectivity index is 2.22. The lowest BCUT2D eigenvalue weighted by atomic mass is 9.97. The van der Waals surface area contributed by atoms with E-state index in [9.17, 15) is 26.7 Å². The first-order valence-electron chi connectivity index (χ1n) is 6.55. The van der Waals surface area contributed by atoms with Gasteiger partial charge in [-0.05, 0) is 24.6 Å². The van der Waals surface area contributed by atoms with Crippen molar-refractivity contribution in [2.24, 2.45) is 0 Å². The van der Waals surface area contributed by atoms with E-state index >= 15 is 0 Å². The highest BCUT2D eigenvalue weighted by atomic mass is 32.2. The summed E-state index contributed by atoms with van der Waals surface area (Å²) in [5.74, 6) is -4.97. The highest BCUT2D eigenvalue weighted by Crippen LogP contribution is 2.21. The molecule has 124 valence electrons. The van der Waals surface area contributed by atoms with Crippen LogP contribution in [0.1, 0.15) is 12.5 Å². The Morgan fingerprint density at radius 3 is 2.13 bits per heavy atom. The standard InChI is InChI=1S/C15H14F3NO3S/c1-15(20,10-5-3-2-4-6-10)9-19-23(21,22)11-7-12(16)14(18)13(17)8-11/h2-8,19-20H,9H2,1H3. The van der Waals surface area contributed by atoms with Gasteiger partial charge >= 0.3 is 0 Å². The van der Waals surface area contributed by atoms with E-state index in [1.807, 2.05) is 0 Å². The molecule has 2 rings (SSSR count). The van der Waals surface area contributed by atoms with Crippen molar-refractivity contribution >= 4 is 10.0 Å². The Labute approximate surface area is 131 Å². The van der Waals surface area contributed by atoms with Gasteiger partial charge in [-0.25, -0.2) is 26.3 Å². The first-order valence-corrected chi connectivity index (χ1v) is 8.04. The highest BCUT2D eigenvalue weighted by molar-refractivity contribution is 7.89. The fourth-order valence-electron chi connectivity index (χ4n) is 1.91. The SMILES string of the molecule is CC(O)(CNS(=O)(=O)c1cc(F)c(F)c(F)c1)c1ccccc1. The van der Waals surface area contributed by atoms with Crippen LogP contribution in [0.15, 0.2) is 47.4 Å². The van der Waals surface area contributed by atoms with Gasteiger partial charge in [-0.2, -0.15) is 0 Å². The zero-order chi connectivity index (χ0) is 17.3. The Kier molecular flexibility index (Phi) is 4.79. The zero-order valence-electron chi connectivity index (χ0n) is 12.1. The summed E-state index contributed by atoms with van der Waals surface area (Å²) in [6.07, 6.45) is 0. The van der Waals surface area contributed by atoms with E-state index in [0.717, 1.165) is 0 Å². The summed E-state index contributed by atoms with van der Waals surface area (Å²) in [5, 5.41) is 10.3. The largest absolute Gasteiger partial charge is 0.384 e. The molecule has 2 aromatic carbocycles. The average Bonchev–Trinajstić information content (AvgIpc) is 2.51. The molecule has 0 heterocycles. The van der Waals surface area contributed by atoms with Gasteiger partial charge in [0.25, 0.3) is 0 Å². The van der Waals surface area contributed by atoms with Crippen molar-refractivity contribution in [3.63, 3.8) is 0 Å². The fraction of sp³-hybridized carbons (Fsp3) is 0.200. The van der Waals surface area contributed by atoms with E-state index in [1.54, 1.807) is 30.3 Å². The quantitative estimate of drug-likeness (QED) is 0.817. The van der Waals surface area contributed by atoms with Crippen LogP contribution < -0.4 is 4.72 Å². The Morgan fingerprint density at radius 1 is 1.09 bits per heavy atom. The van der Waals surface area contributed by atoms with Gasteiger partial charge in [0.2, 0.25) is 10.0 Å². The molecule has 0 bridgehead atoms. The minimum atomic E-state index is -4.32. The van der Waals surface area contributed by atoms with Crippen LogP contribution in [-0.4, -0.2) is 20.1 Å². The van der Waals surface area contributed by atoms with E-state index in [1.165, 1.54) is 6.92 Å². The number of nitrogens with one attached hydrogen (secondary N) is 1. The second-order valence-electron chi connectivity index (χ2n) is 5.17. The lowest BCUT2D eigenvalue weighted by Gasteiger charge is -2.24. The smallest absolute Gasteiger partial charge is 0.240 e. The molecule has 2 N–H and O–H groups in total. The van der Waals surface area contributed by atoms with Crippen molar-refractivity contribution in [1.82, 2.24) is 4.72 Å². The van der Waals surface area contributed by atoms with Crippen molar-refractivity contribution in [2.45, 2.75) is 17.4 Å². The zero-order valence-corrected chi connectivity index (χ0v) is 12.9. The van der Waals surface area contributed by atoms with Gasteiger partial charge in [0.15, 0.2) is 17.5 Å². The molecule has 2 aromatic rings. The third-order valence-electron chi connectivity index (χ3n) is 3.27. The molecule has 0 saturated carbocycles. The molecule has 0 aliphatic heterocycles. The van der Waals surface area contributed by atoms with Crippen molar-refractivity contribution in [3.8, 4) is 0 Å². The summed E-state index contributed by atoms with van der Waals surface area (Å²) < 4.78 is 65.3. The van der Waals surface area contributed by atoms with Crippen molar-refractivity contribution < 1.29 is 26.7 Å². The van der Waals surface area contributed by atoms with Crippen LogP contribution >= 0.6 is 0 Å². The van der Waals surface area contributed by atoms with Crippen molar-refractivity contribution in [2.75, 3.05) is 6.54 Å². The fourth-order valence-corrected chi connectivity index (χ4v) is 3.06. The number of hydrogen-bond acceptors (Lipinski definition) is 3. The maximum Gasteiger partial charge on any atom is 0.240 e. The second-order valence-corrected chi connectivity index (χ2v) is 6.93. The van der Waals surface area contributed by atoms with Gasteiger partial charge in [-0.15, -0.1) is 0 Å². The number of rotatable bonds is 5. The Morgan fingerprint density at radius 2 is 1.61 bits per heavy atom. The third kappa shape index (κ3) is 3.90. The normalized spacial score (nSPS) is 14.5. The molecule has 0 aliphatic rings. The van der Waals surface area contributed by atoms with E-state index < -0.39 is 44.5 Å². The monoisotopic (exact) mass is 345 g/mol. The average molecular weight is 345 g/mol. The van der Waals surface area contributed by atoms with Crippen LogP contribution in [0.5, 0.6) is 0 Å². The third-order valence-corrected chi connectivity index (χ3v) is 4.65. The summed E-state index contributed by atoms with van der Waals surface area (Å²) in [5.41, 5.74) is -1.08. The van der Waals surface area contributed by atoms with E-state index in [-0.39, 0.29) is 0 Å². The molecule has 0 fully saturated rings. The molecule has 4 nitrogen and oxygen atoms in total. The molecule has 0 aromatic heterocycles. The number of sulfonamides is 1. The van der Waals surface area contributed by atoms with Crippen LogP contribution in [0.4, 0.5) is 13.2 Å². The lowest BCUT2D eigenvalue weighted by molar-refractivity contribution is 0.0627. The molecule has 1 atom stereocenters. The summed E-state index contributed by atoms with van der Waals surface area (Å²) in [4.78, 5) is -0.766. The van der Waals surface area contributed by atoms with Gasteiger partial charge in [-0.1, -0.05) is 30.3 Å². The molecule has 0 saturated heterocycles. The molecule has 23 heavy (non-hydrogen) atoms. The summed E-state index contributed by atoms with van der Waals surface area (Å²) in [6, 6.07) is 9.02. The molecular formula is C15H14F3NO3S. The van der Waals surface area contributed by atoms with Crippen LogP contribution in [-0.2, 0) is 15.6 Å². The van der Waals surface area contributed by atoms with Gasteiger partial charge in [0, 0.05) is 6.54 Å². The number of halogens is 3. The Bertz CT molecular complexity index is 785. The maximum atomic E-state index is 13.2. The lowest BCUT2D eigenvalue weighted by Crippen LogP contribution is -2.38. The van der Waals surface area contributed by atoms with Gasteiger partial charge in [0.05, 0.1) is 4.90 Å². The summed E-state index contributed by atoms with van der Waals surface area (Å²) in [7, 11) is -4.32. The second kappa shape index (κ2) is 6.31. The predicted octanol–water partition coefficient (Wildman–Crippen LogP) is 2.29. The molecule has 8 heteroatoms. The van der Waals surface area contributed by atoms with Crippen LogP contribution in [0.2, 0.25) is 0 Å². The first kappa shape index (κ1) is 17.5. The van der Waals surface area contributed by atoms with E-state index in [2.05, 4.69) is 4.72 Å². The number of aliphatic hydroxyl groups is 1. The highest BCUT2D eigenvalue weighted by Gasteiger charge is 2.27. The minimum Gasteiger partial charge on any atom is -0.384 e. The van der Waals surface area contributed by atoms with E-state index in [0.29, 0.717) is 17.7 Å². The molecule has 1 unspecified atom stereocenters. The number of hydrogen-bond donors (Lipinski definition) is 2. The Hall–Kier alpha value is -1.90. The van der Waals surface area contributed by atoms with E-state index in [4.69, 9.17) is 0 Å². The predicted molar refractivity (Wildman–Crippen MR) is 77.5 cm³/mol. The molecule has 0 radical (unpaired) electrons. The molecule has 0 amide bonds.